The van der Waals surface area contributed by atoms with Crippen molar-refractivity contribution >= 4 is 28.2 Å². The lowest BCUT2D eigenvalue weighted by Crippen LogP contribution is -2.13. The van der Waals surface area contributed by atoms with E-state index < -0.39 is 5.92 Å². The van der Waals surface area contributed by atoms with E-state index in [2.05, 4.69) is 4.98 Å². The third-order valence-electron chi connectivity index (χ3n) is 2.94. The first-order valence-corrected chi connectivity index (χ1v) is 6.96. The number of thiophene rings is 1. The van der Waals surface area contributed by atoms with Crippen molar-refractivity contribution in [3.63, 3.8) is 0 Å². The van der Waals surface area contributed by atoms with E-state index in [0.717, 1.165) is 4.88 Å². The number of ketones is 1. The van der Waals surface area contributed by atoms with Gasteiger partial charge in [-0.2, -0.15) is 5.26 Å². The summed E-state index contributed by atoms with van der Waals surface area (Å²) in [6.07, 6.45) is 0.231. The van der Waals surface area contributed by atoms with Crippen LogP contribution in [0.1, 0.15) is 16.7 Å². The predicted octanol–water partition coefficient (Wildman–Crippen LogP) is 3.31. The minimum atomic E-state index is -0.954. The van der Waals surface area contributed by atoms with Gasteiger partial charge in [0.2, 0.25) is 5.89 Å². The lowest BCUT2D eigenvalue weighted by atomic mass is 10.0. The first-order valence-electron chi connectivity index (χ1n) is 6.08. The van der Waals surface area contributed by atoms with E-state index >= 15 is 0 Å². The highest BCUT2D eigenvalue weighted by Gasteiger charge is 2.26. The maximum absolute atomic E-state index is 12.2. The fourth-order valence-electron chi connectivity index (χ4n) is 1.97. The molecule has 0 saturated heterocycles. The first kappa shape index (κ1) is 12.6. The highest BCUT2D eigenvalue weighted by atomic mass is 32.1. The third-order valence-corrected chi connectivity index (χ3v) is 3.81. The van der Waals surface area contributed by atoms with E-state index in [0.29, 0.717) is 11.1 Å². The van der Waals surface area contributed by atoms with Crippen LogP contribution < -0.4 is 0 Å². The SMILES string of the molecule is N#C[C@H](C(=O)Cc1cccs1)c1nc2ccccc2o1. The van der Waals surface area contributed by atoms with Gasteiger partial charge in [0.05, 0.1) is 6.07 Å². The molecular weight excluding hydrogens is 272 g/mol. The Morgan fingerprint density at radius 3 is 2.90 bits per heavy atom. The smallest absolute Gasteiger partial charge is 0.220 e. The highest BCUT2D eigenvalue weighted by molar-refractivity contribution is 7.10. The van der Waals surface area contributed by atoms with E-state index in [1.807, 2.05) is 35.7 Å². The summed E-state index contributed by atoms with van der Waals surface area (Å²) >= 11 is 1.50. The van der Waals surface area contributed by atoms with Crippen LogP contribution in [0.4, 0.5) is 0 Å². The molecule has 5 heteroatoms. The molecule has 0 bridgehead atoms. The van der Waals surface area contributed by atoms with Crippen molar-refractivity contribution in [3.05, 3.63) is 52.5 Å². The molecule has 20 heavy (non-hydrogen) atoms. The average molecular weight is 282 g/mol. The molecule has 4 nitrogen and oxygen atoms in total. The summed E-state index contributed by atoms with van der Waals surface area (Å²) in [4.78, 5) is 17.4. The monoisotopic (exact) mass is 282 g/mol. The van der Waals surface area contributed by atoms with E-state index in [1.165, 1.54) is 11.3 Å². The topological polar surface area (TPSA) is 66.9 Å². The molecule has 0 aliphatic rings. The van der Waals surface area contributed by atoms with Gasteiger partial charge in [-0.05, 0) is 23.6 Å². The molecule has 1 atom stereocenters. The number of hydrogen-bond donors (Lipinski definition) is 0. The number of aromatic nitrogens is 1. The highest BCUT2D eigenvalue weighted by Crippen LogP contribution is 2.23. The zero-order chi connectivity index (χ0) is 13.9. The van der Waals surface area contributed by atoms with Crippen molar-refractivity contribution in [2.24, 2.45) is 0 Å². The average Bonchev–Trinajstić information content (AvgIpc) is 3.08. The quantitative estimate of drug-likeness (QED) is 0.736. The summed E-state index contributed by atoms with van der Waals surface area (Å²) < 4.78 is 5.51. The fraction of sp³-hybridized carbons (Fsp3) is 0.133. The second-order valence-electron chi connectivity index (χ2n) is 4.30. The molecule has 0 saturated carbocycles. The van der Waals surface area contributed by atoms with Crippen molar-refractivity contribution in [1.82, 2.24) is 4.98 Å². The molecule has 1 aromatic carbocycles. The van der Waals surface area contributed by atoms with Crippen LogP contribution >= 0.6 is 11.3 Å². The molecule has 0 fully saturated rings. The lowest BCUT2D eigenvalue weighted by Gasteiger charge is -2.02. The molecular formula is C15H10N2O2S. The minimum absolute atomic E-state index is 0.176. The molecule has 3 rings (SSSR count). The number of rotatable bonds is 4. The van der Waals surface area contributed by atoms with Crippen LogP contribution in [0.3, 0.4) is 0 Å². The summed E-state index contributed by atoms with van der Waals surface area (Å²) in [6, 6.07) is 13.0. The van der Waals surface area contributed by atoms with Crippen LogP contribution in [0, 0.1) is 11.3 Å². The number of oxazole rings is 1. The van der Waals surface area contributed by atoms with Crippen molar-refractivity contribution in [3.8, 4) is 6.07 Å². The van der Waals surface area contributed by atoms with Crippen molar-refractivity contribution < 1.29 is 9.21 Å². The Labute approximate surface area is 119 Å². The zero-order valence-corrected chi connectivity index (χ0v) is 11.3. The van der Waals surface area contributed by atoms with E-state index in [-0.39, 0.29) is 18.1 Å². The van der Waals surface area contributed by atoms with Gasteiger partial charge >= 0.3 is 0 Å². The van der Waals surface area contributed by atoms with Gasteiger partial charge in [0.1, 0.15) is 5.52 Å². The Morgan fingerprint density at radius 1 is 1.35 bits per heavy atom. The number of benzene rings is 1. The Bertz CT molecular complexity index is 751. The van der Waals surface area contributed by atoms with E-state index in [9.17, 15) is 10.1 Å². The molecule has 0 unspecified atom stereocenters. The number of nitriles is 1. The second kappa shape index (κ2) is 5.27. The Hall–Kier alpha value is -2.45. The molecule has 98 valence electrons. The molecule has 0 spiro atoms. The molecule has 0 aliphatic heterocycles. The number of carbonyl (C=O) groups excluding carboxylic acids is 1. The van der Waals surface area contributed by atoms with Gasteiger partial charge in [0, 0.05) is 11.3 Å². The van der Waals surface area contributed by atoms with Gasteiger partial charge < -0.3 is 4.42 Å². The maximum atomic E-state index is 12.2. The predicted molar refractivity (Wildman–Crippen MR) is 75.4 cm³/mol. The van der Waals surface area contributed by atoms with Gasteiger partial charge in [-0.15, -0.1) is 11.3 Å². The lowest BCUT2D eigenvalue weighted by molar-refractivity contribution is -0.119. The standard InChI is InChI=1S/C15H10N2O2S/c16-9-11(13(18)8-10-4-3-7-20-10)15-17-12-5-1-2-6-14(12)19-15/h1-7,11H,8H2/t11-/m1/s1. The number of para-hydroxylation sites is 2. The Balaban J connectivity index is 1.89. The summed E-state index contributed by atoms with van der Waals surface area (Å²) in [6.45, 7) is 0. The van der Waals surface area contributed by atoms with E-state index in [1.54, 1.807) is 12.1 Å². The fourth-order valence-corrected chi connectivity index (χ4v) is 2.68. The Morgan fingerprint density at radius 2 is 2.20 bits per heavy atom. The second-order valence-corrected chi connectivity index (χ2v) is 5.34. The molecule has 0 radical (unpaired) electrons. The van der Waals surface area contributed by atoms with Crippen LogP contribution in [-0.2, 0) is 11.2 Å². The number of Topliss-reactive ketones (excluding diaryl/α,β-unsaturated/α-hetero) is 1. The number of hydrogen-bond acceptors (Lipinski definition) is 5. The van der Waals surface area contributed by atoms with Gasteiger partial charge in [0.15, 0.2) is 17.3 Å². The van der Waals surface area contributed by atoms with E-state index in [4.69, 9.17) is 4.42 Å². The summed E-state index contributed by atoms with van der Waals surface area (Å²) in [5, 5.41) is 11.1. The van der Waals surface area contributed by atoms with Gasteiger partial charge in [-0.3, -0.25) is 4.79 Å². The normalized spacial score (nSPS) is 12.2. The van der Waals surface area contributed by atoms with Crippen LogP contribution in [0.25, 0.3) is 11.1 Å². The number of carbonyl (C=O) groups is 1. The maximum Gasteiger partial charge on any atom is 0.220 e. The zero-order valence-electron chi connectivity index (χ0n) is 10.4. The molecule has 3 aromatic rings. The molecule has 0 amide bonds. The first-order chi connectivity index (χ1) is 9.78. The molecule has 2 heterocycles. The minimum Gasteiger partial charge on any atom is -0.439 e. The molecule has 0 N–H and O–H groups in total. The Kier molecular flexibility index (Phi) is 3.32. The van der Waals surface area contributed by atoms with Gasteiger partial charge in [-0.1, -0.05) is 18.2 Å². The number of fused-ring (bicyclic) bond motifs is 1. The number of nitrogens with zero attached hydrogens (tertiary/aromatic N) is 2. The molecule has 2 aromatic heterocycles. The van der Waals surface area contributed by atoms with Crippen molar-refractivity contribution in [2.75, 3.05) is 0 Å². The van der Waals surface area contributed by atoms with Crippen molar-refractivity contribution in [1.29, 1.82) is 5.26 Å². The van der Waals surface area contributed by atoms with Crippen molar-refractivity contribution in [2.45, 2.75) is 12.3 Å². The van der Waals surface area contributed by atoms with Crippen LogP contribution in [0.5, 0.6) is 0 Å². The summed E-state index contributed by atoms with van der Waals surface area (Å²) in [7, 11) is 0. The van der Waals surface area contributed by atoms with Gasteiger partial charge in [-0.25, -0.2) is 4.98 Å². The van der Waals surface area contributed by atoms with Crippen LogP contribution in [-0.4, -0.2) is 10.8 Å². The third kappa shape index (κ3) is 2.33. The van der Waals surface area contributed by atoms with Crippen LogP contribution in [0.15, 0.2) is 46.2 Å². The van der Waals surface area contributed by atoms with Crippen LogP contribution in [0.2, 0.25) is 0 Å². The largest absolute Gasteiger partial charge is 0.439 e. The summed E-state index contributed by atoms with van der Waals surface area (Å²) in [5.41, 5.74) is 1.25. The summed E-state index contributed by atoms with van der Waals surface area (Å²) in [5.74, 6) is -0.971. The molecule has 0 aliphatic carbocycles. The van der Waals surface area contributed by atoms with Gasteiger partial charge in [0.25, 0.3) is 0 Å².